The summed E-state index contributed by atoms with van der Waals surface area (Å²) < 4.78 is 0. The Balaban J connectivity index is 4.37. The Kier molecular flexibility index (Phi) is 10.2. The van der Waals surface area contributed by atoms with E-state index in [2.05, 4.69) is 28.6 Å². The lowest BCUT2D eigenvalue weighted by molar-refractivity contribution is -0.141. The smallest absolute Gasteiger partial charge is 0.325 e. The quantitative estimate of drug-likeness (QED) is 0.183. The number of thiol groups is 1. The molecule has 0 aliphatic heterocycles. The van der Waals surface area contributed by atoms with Crippen LogP contribution in [-0.2, 0) is 24.0 Å². The number of aliphatic carboxylic acids is 1. The highest BCUT2D eigenvalue weighted by molar-refractivity contribution is 7.80. The molecule has 0 saturated heterocycles. The number of nitrogens with two attached hydrogens (primary N) is 2. The highest BCUT2D eigenvalue weighted by atomic mass is 32.1. The molecule has 25 heavy (non-hydrogen) atoms. The van der Waals surface area contributed by atoms with Crippen molar-refractivity contribution in [2.45, 2.75) is 37.9 Å². The van der Waals surface area contributed by atoms with Crippen LogP contribution < -0.4 is 27.4 Å². The normalized spacial score (nSPS) is 13.9. The molecule has 0 heterocycles. The molecule has 0 radical (unpaired) electrons. The van der Waals surface area contributed by atoms with Gasteiger partial charge >= 0.3 is 5.97 Å². The van der Waals surface area contributed by atoms with E-state index in [1.54, 1.807) is 0 Å². The standard InChI is InChI=1S/C13H23N5O6S/c1-6(13(23)24)17-12(22)8(5-25)18-10(20)4-16-11(21)7(14)2-3-9(15)19/h6-8,25H,2-5,14H2,1H3,(H2,15,19)(H,16,21)(H,17,22)(H,18,20)(H,23,24). The fourth-order valence-electron chi connectivity index (χ4n) is 1.54. The first-order chi connectivity index (χ1) is 11.6. The molecule has 4 amide bonds. The zero-order chi connectivity index (χ0) is 19.6. The lowest BCUT2D eigenvalue weighted by atomic mass is 10.1. The molecule has 3 atom stereocenters. The molecule has 142 valence electrons. The van der Waals surface area contributed by atoms with Gasteiger partial charge in [-0.15, -0.1) is 0 Å². The summed E-state index contributed by atoms with van der Waals surface area (Å²) in [6.07, 6.45) is -0.0258. The third-order valence-corrected chi connectivity index (χ3v) is 3.39. The van der Waals surface area contributed by atoms with Crippen molar-refractivity contribution in [1.29, 1.82) is 0 Å². The number of amides is 4. The van der Waals surface area contributed by atoms with Crippen molar-refractivity contribution in [1.82, 2.24) is 16.0 Å². The van der Waals surface area contributed by atoms with Crippen molar-refractivity contribution >= 4 is 42.2 Å². The summed E-state index contributed by atoms with van der Waals surface area (Å²) in [4.78, 5) is 56.5. The summed E-state index contributed by atoms with van der Waals surface area (Å²) in [5.74, 6) is -3.96. The molecule has 3 unspecified atom stereocenters. The lowest BCUT2D eigenvalue weighted by Gasteiger charge is -2.18. The average molecular weight is 377 g/mol. The molecule has 0 spiro atoms. The fourth-order valence-corrected chi connectivity index (χ4v) is 1.80. The van der Waals surface area contributed by atoms with E-state index in [0.717, 1.165) is 0 Å². The minimum absolute atomic E-state index is 0.0392. The number of carbonyl (C=O) groups excluding carboxylic acids is 4. The molecule has 0 aliphatic carbocycles. The van der Waals surface area contributed by atoms with Crippen LogP contribution in [0.5, 0.6) is 0 Å². The van der Waals surface area contributed by atoms with Crippen LogP contribution in [0.15, 0.2) is 0 Å². The predicted molar refractivity (Wildman–Crippen MR) is 90.4 cm³/mol. The maximum absolute atomic E-state index is 11.8. The number of hydrogen-bond donors (Lipinski definition) is 7. The van der Waals surface area contributed by atoms with Crippen molar-refractivity contribution in [3.8, 4) is 0 Å². The van der Waals surface area contributed by atoms with Gasteiger partial charge in [0.25, 0.3) is 0 Å². The zero-order valence-corrected chi connectivity index (χ0v) is 14.5. The van der Waals surface area contributed by atoms with Gasteiger partial charge in [-0.3, -0.25) is 24.0 Å². The predicted octanol–water partition coefficient (Wildman–Crippen LogP) is -3.30. The molecule has 11 nitrogen and oxygen atoms in total. The van der Waals surface area contributed by atoms with Gasteiger partial charge in [0, 0.05) is 12.2 Å². The Labute approximate surface area is 149 Å². The molecule has 0 fully saturated rings. The van der Waals surface area contributed by atoms with E-state index < -0.39 is 54.3 Å². The Morgan fingerprint density at radius 1 is 1.12 bits per heavy atom. The summed E-state index contributed by atoms with van der Waals surface area (Å²) in [5, 5.41) is 15.5. The van der Waals surface area contributed by atoms with Crippen LogP contribution in [0.1, 0.15) is 19.8 Å². The van der Waals surface area contributed by atoms with Crippen LogP contribution >= 0.6 is 12.6 Å². The van der Waals surface area contributed by atoms with Crippen LogP contribution in [0, 0.1) is 0 Å². The van der Waals surface area contributed by atoms with E-state index in [-0.39, 0.29) is 18.6 Å². The molecule has 0 rings (SSSR count). The van der Waals surface area contributed by atoms with Crippen LogP contribution in [0.25, 0.3) is 0 Å². The Morgan fingerprint density at radius 3 is 2.20 bits per heavy atom. The molecule has 0 saturated carbocycles. The van der Waals surface area contributed by atoms with Crippen LogP contribution in [0.3, 0.4) is 0 Å². The second-order valence-corrected chi connectivity index (χ2v) is 5.57. The molecule has 0 aliphatic rings. The van der Waals surface area contributed by atoms with Gasteiger partial charge in [0.1, 0.15) is 12.1 Å². The van der Waals surface area contributed by atoms with Gasteiger partial charge in [0.15, 0.2) is 0 Å². The van der Waals surface area contributed by atoms with Gasteiger partial charge in [0.05, 0.1) is 12.6 Å². The number of hydrogen-bond acceptors (Lipinski definition) is 7. The number of primary amides is 1. The number of carboxylic acid groups (broad SMARTS) is 1. The number of nitrogens with one attached hydrogen (secondary N) is 3. The first kappa shape index (κ1) is 22.7. The number of carboxylic acids is 1. The van der Waals surface area contributed by atoms with Crippen molar-refractivity contribution in [3.05, 3.63) is 0 Å². The minimum atomic E-state index is -1.23. The molecular formula is C13H23N5O6S. The SMILES string of the molecule is CC(NC(=O)C(CS)NC(=O)CNC(=O)C(N)CCC(N)=O)C(=O)O. The molecule has 8 N–H and O–H groups in total. The van der Waals surface area contributed by atoms with Crippen LogP contribution in [-0.4, -0.2) is 65.1 Å². The van der Waals surface area contributed by atoms with Crippen molar-refractivity contribution in [2.75, 3.05) is 12.3 Å². The monoisotopic (exact) mass is 377 g/mol. The van der Waals surface area contributed by atoms with Crippen LogP contribution in [0.4, 0.5) is 0 Å². The number of carbonyl (C=O) groups is 5. The topological polar surface area (TPSA) is 194 Å². The maximum atomic E-state index is 11.8. The molecule has 0 bridgehead atoms. The molecular weight excluding hydrogens is 354 g/mol. The summed E-state index contributed by atoms with van der Waals surface area (Å²) >= 11 is 3.92. The van der Waals surface area contributed by atoms with Gasteiger partial charge in [-0.25, -0.2) is 0 Å². The van der Waals surface area contributed by atoms with Gasteiger partial charge in [-0.2, -0.15) is 12.6 Å². The molecule has 0 aromatic heterocycles. The second-order valence-electron chi connectivity index (χ2n) is 5.20. The van der Waals surface area contributed by atoms with Gasteiger partial charge in [-0.1, -0.05) is 0 Å². The van der Waals surface area contributed by atoms with Crippen molar-refractivity contribution in [3.63, 3.8) is 0 Å². The first-order valence-electron chi connectivity index (χ1n) is 7.33. The van der Waals surface area contributed by atoms with Crippen molar-refractivity contribution in [2.24, 2.45) is 11.5 Å². The van der Waals surface area contributed by atoms with Gasteiger partial charge in [-0.05, 0) is 13.3 Å². The van der Waals surface area contributed by atoms with E-state index in [1.807, 2.05) is 0 Å². The first-order valence-corrected chi connectivity index (χ1v) is 7.96. The highest BCUT2D eigenvalue weighted by Gasteiger charge is 2.23. The fraction of sp³-hybridized carbons (Fsp3) is 0.615. The third kappa shape index (κ3) is 9.52. The Hall–Kier alpha value is -2.34. The second kappa shape index (κ2) is 11.3. The van der Waals surface area contributed by atoms with E-state index in [1.165, 1.54) is 6.92 Å². The molecule has 0 aromatic rings. The van der Waals surface area contributed by atoms with Gasteiger partial charge < -0.3 is 32.5 Å². The third-order valence-electron chi connectivity index (χ3n) is 3.03. The summed E-state index contributed by atoms with van der Waals surface area (Å²) in [7, 11) is 0. The largest absolute Gasteiger partial charge is 0.480 e. The van der Waals surface area contributed by atoms with Gasteiger partial charge in [0.2, 0.25) is 23.6 Å². The lowest BCUT2D eigenvalue weighted by Crippen LogP contribution is -2.54. The summed E-state index contributed by atoms with van der Waals surface area (Å²) in [6.45, 7) is 0.820. The van der Waals surface area contributed by atoms with E-state index >= 15 is 0 Å². The number of rotatable bonds is 11. The summed E-state index contributed by atoms with van der Waals surface area (Å²) in [5.41, 5.74) is 10.5. The highest BCUT2D eigenvalue weighted by Crippen LogP contribution is 1.94. The van der Waals surface area contributed by atoms with Crippen molar-refractivity contribution < 1.29 is 29.1 Å². The average Bonchev–Trinajstić information content (AvgIpc) is 2.54. The summed E-state index contributed by atoms with van der Waals surface area (Å²) in [6, 6.07) is -3.20. The van der Waals surface area contributed by atoms with E-state index in [9.17, 15) is 24.0 Å². The molecule has 0 aromatic carbocycles. The van der Waals surface area contributed by atoms with E-state index in [4.69, 9.17) is 16.6 Å². The Bertz CT molecular complexity index is 529. The Morgan fingerprint density at radius 2 is 1.72 bits per heavy atom. The van der Waals surface area contributed by atoms with Crippen LogP contribution in [0.2, 0.25) is 0 Å². The van der Waals surface area contributed by atoms with E-state index in [0.29, 0.717) is 0 Å². The molecule has 12 heteroatoms. The minimum Gasteiger partial charge on any atom is -0.480 e. The zero-order valence-electron chi connectivity index (χ0n) is 13.7. The maximum Gasteiger partial charge on any atom is 0.325 e.